The number of piperazine rings is 1. The summed E-state index contributed by atoms with van der Waals surface area (Å²) in [7, 11) is 1.59. The van der Waals surface area contributed by atoms with Gasteiger partial charge in [0.1, 0.15) is 5.75 Å². The van der Waals surface area contributed by atoms with Crippen LogP contribution in [-0.4, -0.2) is 50.0 Å². The lowest BCUT2D eigenvalue weighted by Crippen LogP contribution is -2.51. The summed E-state index contributed by atoms with van der Waals surface area (Å²) in [5, 5.41) is 2.35. The molecule has 2 amide bonds. The highest BCUT2D eigenvalue weighted by atomic mass is 19.4. The number of amides is 2. The van der Waals surface area contributed by atoms with Gasteiger partial charge in [0.05, 0.1) is 18.4 Å². The van der Waals surface area contributed by atoms with Gasteiger partial charge in [-0.25, -0.2) is 0 Å². The summed E-state index contributed by atoms with van der Waals surface area (Å²) in [5.41, 5.74) is 0.217. The van der Waals surface area contributed by atoms with E-state index in [4.69, 9.17) is 4.74 Å². The Morgan fingerprint density at radius 2 is 1.59 bits per heavy atom. The van der Waals surface area contributed by atoms with Crippen molar-refractivity contribution in [1.82, 2.24) is 4.90 Å². The molecule has 1 N–H and O–H groups in total. The number of hydrogen-bond donors (Lipinski definition) is 1. The number of benzene rings is 2. The number of nitrogens with one attached hydrogen (secondary N) is 1. The van der Waals surface area contributed by atoms with Crippen molar-refractivity contribution in [2.75, 3.05) is 43.5 Å². The van der Waals surface area contributed by atoms with Crippen LogP contribution in [0.1, 0.15) is 5.56 Å². The first-order chi connectivity index (χ1) is 13.8. The molecule has 0 radical (unpaired) electrons. The van der Waals surface area contributed by atoms with Crippen LogP contribution in [0, 0.1) is 0 Å². The summed E-state index contributed by atoms with van der Waals surface area (Å²) in [5.74, 6) is -0.868. The number of alkyl halides is 3. The van der Waals surface area contributed by atoms with E-state index in [-0.39, 0.29) is 5.69 Å². The molecule has 1 aliphatic rings. The first-order valence-corrected chi connectivity index (χ1v) is 8.95. The molecule has 1 fully saturated rings. The van der Waals surface area contributed by atoms with Gasteiger partial charge in [-0.15, -0.1) is 0 Å². The minimum absolute atomic E-state index is 0.129. The van der Waals surface area contributed by atoms with Crippen LogP contribution in [0.3, 0.4) is 0 Å². The highest BCUT2D eigenvalue weighted by molar-refractivity contribution is 6.39. The molecule has 0 bridgehead atoms. The van der Waals surface area contributed by atoms with Gasteiger partial charge in [-0.1, -0.05) is 12.1 Å². The molecule has 0 spiro atoms. The van der Waals surface area contributed by atoms with E-state index in [1.54, 1.807) is 7.11 Å². The van der Waals surface area contributed by atoms with Crippen LogP contribution < -0.4 is 15.0 Å². The zero-order valence-corrected chi connectivity index (χ0v) is 15.7. The Labute approximate surface area is 165 Å². The first-order valence-electron chi connectivity index (χ1n) is 8.95. The quantitative estimate of drug-likeness (QED) is 0.795. The fraction of sp³-hybridized carbons (Fsp3) is 0.300. The van der Waals surface area contributed by atoms with Crippen molar-refractivity contribution >= 4 is 23.2 Å². The Hall–Kier alpha value is -3.23. The smallest absolute Gasteiger partial charge is 0.416 e. The summed E-state index contributed by atoms with van der Waals surface area (Å²) in [4.78, 5) is 28.1. The molecule has 1 aliphatic heterocycles. The maximum Gasteiger partial charge on any atom is 0.416 e. The number of methoxy groups -OCH3 is 1. The molecule has 0 saturated carbocycles. The number of para-hydroxylation sites is 2. The van der Waals surface area contributed by atoms with Crippen molar-refractivity contribution in [3.63, 3.8) is 0 Å². The Morgan fingerprint density at radius 3 is 2.17 bits per heavy atom. The topological polar surface area (TPSA) is 61.9 Å². The minimum Gasteiger partial charge on any atom is -0.495 e. The summed E-state index contributed by atoms with van der Waals surface area (Å²) < 4.78 is 43.1. The van der Waals surface area contributed by atoms with Crippen molar-refractivity contribution in [1.29, 1.82) is 0 Å². The largest absolute Gasteiger partial charge is 0.495 e. The highest BCUT2D eigenvalue weighted by Gasteiger charge is 2.30. The monoisotopic (exact) mass is 407 g/mol. The maximum atomic E-state index is 12.6. The van der Waals surface area contributed by atoms with Crippen LogP contribution in [0.15, 0.2) is 48.5 Å². The number of rotatable bonds is 3. The average Bonchev–Trinajstić information content (AvgIpc) is 2.73. The SMILES string of the molecule is COc1ccccc1N1CCN(C(=O)C(=O)Nc2ccc(C(F)(F)F)cc2)CC1. The molecule has 0 unspecified atom stereocenters. The van der Waals surface area contributed by atoms with Crippen LogP contribution in [-0.2, 0) is 15.8 Å². The fourth-order valence-electron chi connectivity index (χ4n) is 3.11. The third-order valence-corrected chi connectivity index (χ3v) is 4.66. The lowest BCUT2D eigenvalue weighted by Gasteiger charge is -2.36. The van der Waals surface area contributed by atoms with Crippen molar-refractivity contribution in [2.24, 2.45) is 0 Å². The van der Waals surface area contributed by atoms with Crippen molar-refractivity contribution in [3.8, 4) is 5.75 Å². The molecule has 0 aromatic heterocycles. The van der Waals surface area contributed by atoms with Gasteiger partial charge in [0.2, 0.25) is 0 Å². The number of anilines is 2. The van der Waals surface area contributed by atoms with Gasteiger partial charge in [-0.05, 0) is 36.4 Å². The Balaban J connectivity index is 1.57. The normalized spacial score (nSPS) is 14.5. The lowest BCUT2D eigenvalue weighted by molar-refractivity contribution is -0.143. The number of ether oxygens (including phenoxy) is 1. The number of carbonyl (C=O) groups is 2. The lowest BCUT2D eigenvalue weighted by atomic mass is 10.2. The highest BCUT2D eigenvalue weighted by Crippen LogP contribution is 2.30. The predicted molar refractivity (Wildman–Crippen MR) is 102 cm³/mol. The second-order valence-electron chi connectivity index (χ2n) is 6.48. The van der Waals surface area contributed by atoms with Crippen molar-refractivity contribution < 1.29 is 27.5 Å². The van der Waals surface area contributed by atoms with Gasteiger partial charge in [-0.2, -0.15) is 13.2 Å². The molecule has 0 aliphatic carbocycles. The van der Waals surface area contributed by atoms with E-state index in [1.165, 1.54) is 4.90 Å². The van der Waals surface area contributed by atoms with Crippen LogP contribution >= 0.6 is 0 Å². The second kappa shape index (κ2) is 8.42. The van der Waals surface area contributed by atoms with Crippen LogP contribution in [0.25, 0.3) is 0 Å². The van der Waals surface area contributed by atoms with Gasteiger partial charge in [-0.3, -0.25) is 9.59 Å². The van der Waals surface area contributed by atoms with Gasteiger partial charge in [0, 0.05) is 31.9 Å². The standard InChI is InChI=1S/C20H20F3N3O3/c1-29-17-5-3-2-4-16(17)25-10-12-26(13-11-25)19(28)18(27)24-15-8-6-14(7-9-15)20(21,22)23/h2-9H,10-13H2,1H3,(H,24,27). The van der Waals surface area contributed by atoms with Crippen LogP contribution in [0.4, 0.5) is 24.5 Å². The molecule has 3 rings (SSSR count). The third-order valence-electron chi connectivity index (χ3n) is 4.66. The van der Waals surface area contributed by atoms with Gasteiger partial charge in [0.25, 0.3) is 0 Å². The Bertz CT molecular complexity index is 877. The maximum absolute atomic E-state index is 12.6. The van der Waals surface area contributed by atoms with E-state index in [0.29, 0.717) is 26.2 Å². The van der Waals surface area contributed by atoms with E-state index >= 15 is 0 Å². The predicted octanol–water partition coefficient (Wildman–Crippen LogP) is 3.00. The van der Waals surface area contributed by atoms with E-state index in [0.717, 1.165) is 35.7 Å². The fourth-order valence-corrected chi connectivity index (χ4v) is 3.11. The van der Waals surface area contributed by atoms with E-state index < -0.39 is 23.6 Å². The minimum atomic E-state index is -4.46. The van der Waals surface area contributed by atoms with Crippen LogP contribution in [0.5, 0.6) is 5.75 Å². The number of nitrogens with zero attached hydrogens (tertiary/aromatic N) is 2. The molecular weight excluding hydrogens is 387 g/mol. The van der Waals surface area contributed by atoms with E-state index in [1.807, 2.05) is 24.3 Å². The van der Waals surface area contributed by atoms with Gasteiger partial charge in [0.15, 0.2) is 0 Å². The molecule has 154 valence electrons. The molecule has 1 saturated heterocycles. The molecule has 1 heterocycles. The van der Waals surface area contributed by atoms with Crippen molar-refractivity contribution in [3.05, 3.63) is 54.1 Å². The van der Waals surface area contributed by atoms with E-state index in [2.05, 4.69) is 10.2 Å². The third kappa shape index (κ3) is 4.79. The summed E-state index contributed by atoms with van der Waals surface area (Å²) in [6, 6.07) is 11.5. The second-order valence-corrected chi connectivity index (χ2v) is 6.48. The number of carbonyl (C=O) groups excluding carboxylic acids is 2. The first kappa shape index (κ1) is 20.5. The van der Waals surface area contributed by atoms with Gasteiger partial charge < -0.3 is 19.9 Å². The summed E-state index contributed by atoms with van der Waals surface area (Å²) in [6.07, 6.45) is -4.46. The van der Waals surface area contributed by atoms with Crippen molar-refractivity contribution in [2.45, 2.75) is 6.18 Å². The molecule has 6 nitrogen and oxygen atoms in total. The summed E-state index contributed by atoms with van der Waals surface area (Å²) in [6.45, 7) is 1.74. The molecule has 2 aromatic carbocycles. The molecule has 29 heavy (non-hydrogen) atoms. The zero-order chi connectivity index (χ0) is 21.0. The zero-order valence-electron chi connectivity index (χ0n) is 15.7. The summed E-state index contributed by atoms with van der Waals surface area (Å²) >= 11 is 0. The molecular formula is C20H20F3N3O3. The Morgan fingerprint density at radius 1 is 0.966 bits per heavy atom. The van der Waals surface area contributed by atoms with Crippen LogP contribution in [0.2, 0.25) is 0 Å². The average molecular weight is 407 g/mol. The molecule has 2 aromatic rings. The van der Waals surface area contributed by atoms with Gasteiger partial charge >= 0.3 is 18.0 Å². The molecule has 9 heteroatoms. The molecule has 0 atom stereocenters. The number of halogens is 3. The van der Waals surface area contributed by atoms with E-state index in [9.17, 15) is 22.8 Å². The Kier molecular flexibility index (Phi) is 5.95. The number of hydrogen-bond acceptors (Lipinski definition) is 4.